The van der Waals surface area contributed by atoms with Gasteiger partial charge in [-0.05, 0) is 22.9 Å². The summed E-state index contributed by atoms with van der Waals surface area (Å²) in [4.78, 5) is 25.1. The molecule has 6 rings (SSSR count). The summed E-state index contributed by atoms with van der Waals surface area (Å²) >= 11 is 0. The number of anilines is 1. The van der Waals surface area contributed by atoms with E-state index in [0.717, 1.165) is 56.4 Å². The Morgan fingerprint density at radius 2 is 1.75 bits per heavy atom. The molecule has 0 radical (unpaired) electrons. The van der Waals surface area contributed by atoms with Gasteiger partial charge in [-0.3, -0.25) is 14.8 Å². The molecule has 0 saturated heterocycles. The monoisotopic (exact) mass is 474 g/mol. The standard InChI is InChI=1S/C30H26N4O2/c1-34(2)29-23-14-16-31-27(21-12-7-9-19-8-3-4-10-20(19)21)28(23)32-18-24(29)30(35)33-25-15-17-36-26-13-6-5-11-22(25)26/h3-14,16,18,25H,15,17H2,1-2H3,(H,33,35)/t25-/m0/s1. The normalized spacial score (nSPS) is 14.8. The highest BCUT2D eigenvalue weighted by molar-refractivity contribution is 6.11. The minimum Gasteiger partial charge on any atom is -0.493 e. The van der Waals surface area contributed by atoms with E-state index in [0.29, 0.717) is 12.2 Å². The smallest absolute Gasteiger partial charge is 0.255 e. The van der Waals surface area contributed by atoms with E-state index in [1.54, 1.807) is 12.4 Å². The number of nitrogens with zero attached hydrogens (tertiary/aromatic N) is 3. The van der Waals surface area contributed by atoms with Crippen molar-refractivity contribution in [3.05, 3.63) is 96.3 Å². The fourth-order valence-electron chi connectivity index (χ4n) is 5.12. The van der Waals surface area contributed by atoms with E-state index in [9.17, 15) is 4.79 Å². The van der Waals surface area contributed by atoms with E-state index in [2.05, 4.69) is 29.6 Å². The lowest BCUT2D eigenvalue weighted by Crippen LogP contribution is -2.33. The van der Waals surface area contributed by atoms with Crippen molar-refractivity contribution in [3.8, 4) is 17.0 Å². The first-order chi connectivity index (χ1) is 17.6. The summed E-state index contributed by atoms with van der Waals surface area (Å²) in [6.45, 7) is 0.568. The van der Waals surface area contributed by atoms with Gasteiger partial charge in [0.05, 0.1) is 35.1 Å². The zero-order valence-corrected chi connectivity index (χ0v) is 20.2. The molecule has 1 amide bonds. The maximum atomic E-state index is 13.6. The number of nitrogens with one attached hydrogen (secondary N) is 1. The minimum absolute atomic E-state index is 0.114. The molecule has 3 heterocycles. The number of carbonyl (C=O) groups excluding carboxylic acids is 1. The first-order valence-corrected chi connectivity index (χ1v) is 12.1. The molecule has 0 bridgehead atoms. The van der Waals surface area contributed by atoms with Crippen LogP contribution in [0.3, 0.4) is 0 Å². The molecule has 1 N–H and O–H groups in total. The van der Waals surface area contributed by atoms with Crippen LogP contribution in [-0.4, -0.2) is 36.6 Å². The maximum Gasteiger partial charge on any atom is 0.255 e. The number of carbonyl (C=O) groups is 1. The highest BCUT2D eigenvalue weighted by atomic mass is 16.5. The first-order valence-electron chi connectivity index (χ1n) is 12.1. The van der Waals surface area contributed by atoms with Crippen molar-refractivity contribution in [1.82, 2.24) is 15.3 Å². The van der Waals surface area contributed by atoms with Gasteiger partial charge in [0.25, 0.3) is 5.91 Å². The third kappa shape index (κ3) is 3.71. The number of aromatic nitrogens is 2. The van der Waals surface area contributed by atoms with Crippen LogP contribution in [0.2, 0.25) is 0 Å². The van der Waals surface area contributed by atoms with Crippen LogP contribution in [0.15, 0.2) is 85.2 Å². The zero-order valence-electron chi connectivity index (χ0n) is 20.2. The van der Waals surface area contributed by atoms with Gasteiger partial charge in [-0.25, -0.2) is 0 Å². The molecule has 0 saturated carbocycles. The molecular formula is C30H26N4O2. The maximum absolute atomic E-state index is 13.6. The molecule has 1 atom stereocenters. The van der Waals surface area contributed by atoms with Gasteiger partial charge in [-0.15, -0.1) is 0 Å². The molecule has 1 aliphatic rings. The predicted molar refractivity (Wildman–Crippen MR) is 144 cm³/mol. The van der Waals surface area contributed by atoms with Crippen LogP contribution < -0.4 is 15.0 Å². The summed E-state index contributed by atoms with van der Waals surface area (Å²) in [6.07, 6.45) is 4.19. The Morgan fingerprint density at radius 1 is 0.944 bits per heavy atom. The van der Waals surface area contributed by atoms with Crippen LogP contribution >= 0.6 is 0 Å². The van der Waals surface area contributed by atoms with E-state index < -0.39 is 0 Å². The Morgan fingerprint density at radius 3 is 2.64 bits per heavy atom. The molecule has 0 fully saturated rings. The number of benzene rings is 3. The van der Waals surface area contributed by atoms with E-state index in [-0.39, 0.29) is 11.9 Å². The third-order valence-corrected chi connectivity index (χ3v) is 6.76. The highest BCUT2D eigenvalue weighted by Crippen LogP contribution is 2.37. The molecule has 0 unspecified atom stereocenters. The lowest BCUT2D eigenvalue weighted by molar-refractivity contribution is 0.0925. The lowest BCUT2D eigenvalue weighted by atomic mass is 9.98. The van der Waals surface area contributed by atoms with Crippen LogP contribution in [0, 0.1) is 0 Å². The second-order valence-corrected chi connectivity index (χ2v) is 9.20. The fourth-order valence-corrected chi connectivity index (χ4v) is 5.12. The molecule has 3 aromatic carbocycles. The van der Waals surface area contributed by atoms with E-state index >= 15 is 0 Å². The van der Waals surface area contributed by atoms with Gasteiger partial charge >= 0.3 is 0 Å². The summed E-state index contributed by atoms with van der Waals surface area (Å²) in [5, 5.41) is 6.37. The van der Waals surface area contributed by atoms with Gasteiger partial charge in [-0.1, -0.05) is 60.7 Å². The van der Waals surface area contributed by atoms with Crippen LogP contribution in [0.5, 0.6) is 5.75 Å². The fraction of sp³-hybridized carbons (Fsp3) is 0.167. The van der Waals surface area contributed by atoms with Gasteiger partial charge in [0, 0.05) is 49.4 Å². The minimum atomic E-state index is -0.154. The van der Waals surface area contributed by atoms with Crippen LogP contribution in [0.25, 0.3) is 32.9 Å². The SMILES string of the molecule is CN(C)c1c(C(=O)N[C@H]2CCOc3ccccc32)cnc2c(-c3cccc4ccccc34)nccc12. The average molecular weight is 475 g/mol. The number of hydrogen-bond donors (Lipinski definition) is 1. The van der Waals surface area contributed by atoms with Gasteiger partial charge in [0.1, 0.15) is 5.75 Å². The van der Waals surface area contributed by atoms with Crippen LogP contribution in [0.1, 0.15) is 28.4 Å². The number of pyridine rings is 2. The first kappa shape index (κ1) is 22.0. The number of hydrogen-bond acceptors (Lipinski definition) is 5. The second-order valence-electron chi connectivity index (χ2n) is 9.20. The zero-order chi connectivity index (χ0) is 24.6. The topological polar surface area (TPSA) is 67.4 Å². The molecule has 0 spiro atoms. The average Bonchev–Trinajstić information content (AvgIpc) is 2.91. The van der Waals surface area contributed by atoms with Crippen molar-refractivity contribution in [2.24, 2.45) is 0 Å². The Kier molecular flexibility index (Phi) is 5.49. The predicted octanol–water partition coefficient (Wildman–Crippen LogP) is 5.77. The van der Waals surface area contributed by atoms with Crippen LogP contribution in [-0.2, 0) is 0 Å². The molecular weight excluding hydrogens is 448 g/mol. The number of rotatable bonds is 4. The van der Waals surface area contributed by atoms with Gasteiger partial charge in [-0.2, -0.15) is 0 Å². The Balaban J connectivity index is 1.45. The Bertz CT molecular complexity index is 1610. The van der Waals surface area contributed by atoms with Crippen molar-refractivity contribution in [2.45, 2.75) is 12.5 Å². The van der Waals surface area contributed by atoms with Crippen molar-refractivity contribution in [2.75, 3.05) is 25.6 Å². The molecule has 0 aliphatic carbocycles. The molecule has 1 aliphatic heterocycles. The molecule has 36 heavy (non-hydrogen) atoms. The number of ether oxygens (including phenoxy) is 1. The van der Waals surface area contributed by atoms with E-state index in [1.165, 1.54) is 0 Å². The summed E-state index contributed by atoms with van der Waals surface area (Å²) in [5.74, 6) is 0.669. The summed E-state index contributed by atoms with van der Waals surface area (Å²) < 4.78 is 5.77. The largest absolute Gasteiger partial charge is 0.493 e. The van der Waals surface area contributed by atoms with Crippen molar-refractivity contribution in [3.63, 3.8) is 0 Å². The van der Waals surface area contributed by atoms with Crippen molar-refractivity contribution in [1.29, 1.82) is 0 Å². The van der Waals surface area contributed by atoms with Crippen molar-refractivity contribution < 1.29 is 9.53 Å². The number of amides is 1. The van der Waals surface area contributed by atoms with Crippen molar-refractivity contribution >= 4 is 33.3 Å². The number of para-hydroxylation sites is 1. The third-order valence-electron chi connectivity index (χ3n) is 6.76. The second kappa shape index (κ2) is 8.96. The summed E-state index contributed by atoms with van der Waals surface area (Å²) in [6, 6.07) is 24.2. The lowest BCUT2D eigenvalue weighted by Gasteiger charge is -2.27. The summed E-state index contributed by atoms with van der Waals surface area (Å²) in [7, 11) is 3.90. The Hall–Kier alpha value is -4.45. The van der Waals surface area contributed by atoms with E-state index in [4.69, 9.17) is 14.7 Å². The highest BCUT2D eigenvalue weighted by Gasteiger charge is 2.26. The Labute approximate surface area is 209 Å². The van der Waals surface area contributed by atoms with Gasteiger partial charge in [0.2, 0.25) is 0 Å². The quantitative estimate of drug-likeness (QED) is 0.358. The van der Waals surface area contributed by atoms with Gasteiger partial charge < -0.3 is 15.0 Å². The molecule has 6 heteroatoms. The van der Waals surface area contributed by atoms with E-state index in [1.807, 2.05) is 67.5 Å². The molecule has 2 aromatic heterocycles. The molecule has 5 aromatic rings. The molecule has 178 valence electrons. The molecule has 6 nitrogen and oxygen atoms in total. The van der Waals surface area contributed by atoms with Crippen LogP contribution in [0.4, 0.5) is 5.69 Å². The van der Waals surface area contributed by atoms with Gasteiger partial charge in [0.15, 0.2) is 0 Å². The summed E-state index contributed by atoms with van der Waals surface area (Å²) in [5.41, 5.74) is 4.95. The number of fused-ring (bicyclic) bond motifs is 3.